The van der Waals surface area contributed by atoms with E-state index in [2.05, 4.69) is 10.3 Å². The van der Waals surface area contributed by atoms with Crippen molar-refractivity contribution in [2.75, 3.05) is 13.2 Å². The number of amides is 1. The highest BCUT2D eigenvalue weighted by atomic mass is 16.3. The number of aliphatic hydroxyl groups excluding tert-OH is 2. The Morgan fingerprint density at radius 1 is 1.40 bits per heavy atom. The molecule has 1 aromatic carbocycles. The van der Waals surface area contributed by atoms with Gasteiger partial charge in [0, 0.05) is 12.2 Å². The molecule has 1 amide bonds. The number of fused-ring (bicyclic) bond motifs is 1. The van der Waals surface area contributed by atoms with Gasteiger partial charge in [-0.1, -0.05) is 12.1 Å². The zero-order valence-corrected chi connectivity index (χ0v) is 11.0. The lowest BCUT2D eigenvalue weighted by atomic mass is 10.1. The maximum atomic E-state index is 11.7. The number of rotatable bonds is 5. The molecule has 0 saturated heterocycles. The minimum atomic E-state index is -1.05. The molecule has 0 aliphatic heterocycles. The van der Waals surface area contributed by atoms with Crippen LogP contribution in [0.2, 0.25) is 0 Å². The van der Waals surface area contributed by atoms with Gasteiger partial charge in [-0.15, -0.1) is 0 Å². The first-order chi connectivity index (χ1) is 9.56. The molecule has 1 aromatic heterocycles. The number of hydrogen-bond donors (Lipinski definition) is 3. The van der Waals surface area contributed by atoms with E-state index in [1.54, 1.807) is 6.07 Å². The summed E-state index contributed by atoms with van der Waals surface area (Å²) >= 11 is 0. The highest BCUT2D eigenvalue weighted by Gasteiger charge is 2.23. The van der Waals surface area contributed by atoms with Crippen LogP contribution < -0.4 is 5.32 Å². The van der Waals surface area contributed by atoms with E-state index in [4.69, 9.17) is 14.6 Å². The van der Waals surface area contributed by atoms with Crippen LogP contribution in [-0.2, 0) is 4.79 Å². The molecule has 2 rings (SSSR count). The van der Waals surface area contributed by atoms with E-state index in [9.17, 15) is 4.79 Å². The van der Waals surface area contributed by atoms with E-state index in [0.717, 1.165) is 0 Å². The van der Waals surface area contributed by atoms with Gasteiger partial charge in [-0.3, -0.25) is 4.79 Å². The molecular formula is C14H16N2O4. The smallest absolute Gasteiger partial charge is 0.244 e. The summed E-state index contributed by atoms with van der Waals surface area (Å²) in [4.78, 5) is 15.9. The van der Waals surface area contributed by atoms with Crippen molar-refractivity contribution in [3.63, 3.8) is 0 Å². The number of aromatic nitrogens is 1. The minimum absolute atomic E-state index is 0.316. The van der Waals surface area contributed by atoms with Crippen molar-refractivity contribution in [3.05, 3.63) is 36.2 Å². The topological polar surface area (TPSA) is 95.6 Å². The Morgan fingerprint density at radius 2 is 2.10 bits per heavy atom. The summed E-state index contributed by atoms with van der Waals surface area (Å²) in [6, 6.07) is 7.28. The van der Waals surface area contributed by atoms with Crippen molar-refractivity contribution in [1.82, 2.24) is 10.3 Å². The second-order valence-electron chi connectivity index (χ2n) is 4.72. The fourth-order valence-electron chi connectivity index (χ4n) is 1.58. The Bertz CT molecular complexity index is 596. The van der Waals surface area contributed by atoms with Gasteiger partial charge in [-0.25, -0.2) is 4.98 Å². The van der Waals surface area contributed by atoms with Crippen molar-refractivity contribution in [2.45, 2.75) is 12.5 Å². The molecule has 0 bridgehead atoms. The summed E-state index contributed by atoms with van der Waals surface area (Å²) < 4.78 is 5.42. The SMILES string of the molecule is CC(CO)(CO)NC(=O)/C=C/c1nc2ccccc2o1. The largest absolute Gasteiger partial charge is 0.437 e. The van der Waals surface area contributed by atoms with Crippen LogP contribution in [0.4, 0.5) is 0 Å². The minimum Gasteiger partial charge on any atom is -0.437 e. The predicted octanol–water partition coefficient (Wildman–Crippen LogP) is 0.700. The number of carbonyl (C=O) groups is 1. The van der Waals surface area contributed by atoms with Crippen molar-refractivity contribution in [2.24, 2.45) is 0 Å². The molecule has 0 atom stereocenters. The van der Waals surface area contributed by atoms with Crippen molar-refractivity contribution < 1.29 is 19.4 Å². The molecule has 6 heteroatoms. The number of nitrogens with zero attached hydrogens (tertiary/aromatic N) is 1. The third kappa shape index (κ3) is 3.23. The average Bonchev–Trinajstić information content (AvgIpc) is 2.88. The van der Waals surface area contributed by atoms with E-state index >= 15 is 0 Å². The van der Waals surface area contributed by atoms with Gasteiger partial charge in [0.05, 0.1) is 18.8 Å². The average molecular weight is 276 g/mol. The van der Waals surface area contributed by atoms with E-state index < -0.39 is 11.4 Å². The first-order valence-corrected chi connectivity index (χ1v) is 6.14. The van der Waals surface area contributed by atoms with Crippen LogP contribution in [-0.4, -0.2) is 39.9 Å². The molecule has 6 nitrogen and oxygen atoms in total. The predicted molar refractivity (Wildman–Crippen MR) is 73.8 cm³/mol. The zero-order chi connectivity index (χ0) is 14.6. The number of aliphatic hydroxyl groups is 2. The van der Waals surface area contributed by atoms with Gasteiger partial charge < -0.3 is 19.9 Å². The molecule has 0 radical (unpaired) electrons. The molecule has 2 aromatic rings. The Balaban J connectivity index is 2.07. The number of carbonyl (C=O) groups excluding carboxylic acids is 1. The Labute approximate surface area is 115 Å². The van der Waals surface area contributed by atoms with Gasteiger partial charge in [-0.2, -0.15) is 0 Å². The lowest BCUT2D eigenvalue weighted by molar-refractivity contribution is -0.119. The number of oxazole rings is 1. The molecule has 1 heterocycles. The normalized spacial score (nSPS) is 12.2. The second-order valence-corrected chi connectivity index (χ2v) is 4.72. The van der Waals surface area contributed by atoms with Gasteiger partial charge in [0.15, 0.2) is 5.58 Å². The summed E-state index contributed by atoms with van der Waals surface area (Å²) in [5.74, 6) is -0.131. The van der Waals surface area contributed by atoms with Crippen LogP contribution in [0.25, 0.3) is 17.2 Å². The molecule has 20 heavy (non-hydrogen) atoms. The fraction of sp³-hybridized carbons (Fsp3) is 0.286. The number of para-hydroxylation sites is 2. The Morgan fingerprint density at radius 3 is 2.75 bits per heavy atom. The zero-order valence-electron chi connectivity index (χ0n) is 11.0. The van der Waals surface area contributed by atoms with Crippen LogP contribution in [0.5, 0.6) is 0 Å². The highest BCUT2D eigenvalue weighted by molar-refractivity contribution is 5.92. The van der Waals surface area contributed by atoms with Gasteiger partial charge in [0.1, 0.15) is 5.52 Å². The summed E-state index contributed by atoms with van der Waals surface area (Å²) in [6.45, 7) is 0.829. The van der Waals surface area contributed by atoms with Crippen LogP contribution in [0, 0.1) is 0 Å². The molecule has 0 unspecified atom stereocenters. The van der Waals surface area contributed by atoms with Crippen LogP contribution >= 0.6 is 0 Å². The maximum absolute atomic E-state index is 11.7. The van der Waals surface area contributed by atoms with Gasteiger partial charge in [0.2, 0.25) is 11.8 Å². The van der Waals surface area contributed by atoms with Crippen molar-refractivity contribution in [3.8, 4) is 0 Å². The second kappa shape index (κ2) is 5.85. The molecule has 3 N–H and O–H groups in total. The van der Waals surface area contributed by atoms with Gasteiger partial charge >= 0.3 is 0 Å². The summed E-state index contributed by atoms with van der Waals surface area (Å²) in [5.41, 5.74) is 0.300. The fourth-order valence-corrected chi connectivity index (χ4v) is 1.58. The van der Waals surface area contributed by atoms with E-state index in [1.807, 2.05) is 18.2 Å². The van der Waals surface area contributed by atoms with Crippen LogP contribution in [0.1, 0.15) is 12.8 Å². The van der Waals surface area contributed by atoms with Crippen LogP contribution in [0.15, 0.2) is 34.8 Å². The molecule has 106 valence electrons. The number of benzene rings is 1. The summed E-state index contributed by atoms with van der Waals surface area (Å²) in [5, 5.41) is 20.7. The standard InChI is InChI=1S/C14H16N2O4/c1-14(8-17,9-18)16-12(19)6-7-13-15-10-4-2-3-5-11(10)20-13/h2-7,17-18H,8-9H2,1H3,(H,16,19)/b7-6+. The lowest BCUT2D eigenvalue weighted by Crippen LogP contribution is -2.51. The number of nitrogens with one attached hydrogen (secondary N) is 1. The number of hydrogen-bond acceptors (Lipinski definition) is 5. The summed E-state index contributed by atoms with van der Waals surface area (Å²) in [7, 11) is 0. The molecular weight excluding hydrogens is 260 g/mol. The third-order valence-electron chi connectivity index (χ3n) is 2.81. The quantitative estimate of drug-likeness (QED) is 0.699. The maximum Gasteiger partial charge on any atom is 0.244 e. The monoisotopic (exact) mass is 276 g/mol. The van der Waals surface area contributed by atoms with E-state index in [-0.39, 0.29) is 13.2 Å². The van der Waals surface area contributed by atoms with Crippen molar-refractivity contribution in [1.29, 1.82) is 0 Å². The van der Waals surface area contributed by atoms with E-state index in [1.165, 1.54) is 19.1 Å². The van der Waals surface area contributed by atoms with E-state index in [0.29, 0.717) is 17.0 Å². The van der Waals surface area contributed by atoms with Gasteiger partial charge in [0.25, 0.3) is 0 Å². The molecule has 0 fully saturated rings. The summed E-state index contributed by atoms with van der Waals surface area (Å²) in [6.07, 6.45) is 2.68. The molecule has 0 spiro atoms. The van der Waals surface area contributed by atoms with Crippen LogP contribution in [0.3, 0.4) is 0 Å². The van der Waals surface area contributed by atoms with Gasteiger partial charge in [-0.05, 0) is 19.1 Å². The third-order valence-corrected chi connectivity index (χ3v) is 2.81. The molecule has 0 aliphatic carbocycles. The van der Waals surface area contributed by atoms with Crippen molar-refractivity contribution >= 4 is 23.1 Å². The Hall–Kier alpha value is -2.18. The lowest BCUT2D eigenvalue weighted by Gasteiger charge is -2.25. The molecule has 0 aliphatic rings. The first-order valence-electron chi connectivity index (χ1n) is 6.14. The highest BCUT2D eigenvalue weighted by Crippen LogP contribution is 2.15. The first kappa shape index (κ1) is 14.2. The Kier molecular flexibility index (Phi) is 4.16. The molecule has 0 saturated carbocycles.